The van der Waals surface area contributed by atoms with Crippen LogP contribution < -0.4 is 10.1 Å². The second-order valence-electron chi connectivity index (χ2n) is 8.71. The van der Waals surface area contributed by atoms with Crippen LogP contribution in [0.25, 0.3) is 6.08 Å². The molecule has 1 saturated heterocycles. The Labute approximate surface area is 253 Å². The third-order valence-corrected chi connectivity index (χ3v) is 7.41. The monoisotopic (exact) mass is 660 g/mol. The number of nitrogens with one attached hydrogen (secondary N) is 1. The van der Waals surface area contributed by atoms with Crippen molar-refractivity contribution in [3.05, 3.63) is 97.6 Å². The average molecular weight is 662 g/mol. The Balaban J connectivity index is 1.45. The number of thioether (sulfide) groups is 1. The summed E-state index contributed by atoms with van der Waals surface area (Å²) in [7, 11) is 0. The van der Waals surface area contributed by atoms with Gasteiger partial charge >= 0.3 is 5.97 Å². The Hall–Kier alpha value is -3.67. The molecule has 1 heterocycles. The molecule has 1 N–H and O–H groups in total. The van der Waals surface area contributed by atoms with Gasteiger partial charge in [-0.2, -0.15) is 0 Å². The van der Waals surface area contributed by atoms with Crippen molar-refractivity contribution in [1.82, 2.24) is 4.90 Å². The molecular weight excluding hydrogens is 639 g/mol. The number of benzene rings is 3. The Morgan fingerprint density at radius 1 is 1.12 bits per heavy atom. The third-order valence-electron chi connectivity index (χ3n) is 5.68. The predicted octanol–water partition coefficient (Wildman–Crippen LogP) is 7.06. The molecule has 0 aromatic heterocycles. The zero-order chi connectivity index (χ0) is 29.5. The molecule has 8 nitrogen and oxygen atoms in total. The third kappa shape index (κ3) is 7.75. The molecule has 0 radical (unpaired) electrons. The number of carbonyl (C=O) groups is 4. The van der Waals surface area contributed by atoms with Crippen LogP contribution in [0.15, 0.2) is 70.0 Å². The summed E-state index contributed by atoms with van der Waals surface area (Å²) < 4.78 is 25.6. The van der Waals surface area contributed by atoms with Crippen LogP contribution in [-0.4, -0.2) is 41.1 Å². The fraction of sp³-hybridized carbons (Fsp3) is 0.172. The lowest BCUT2D eigenvalue weighted by atomic mass is 10.1. The molecule has 3 aromatic rings. The van der Waals surface area contributed by atoms with E-state index in [-0.39, 0.29) is 34.4 Å². The number of esters is 1. The number of anilines is 1. The molecule has 0 saturated carbocycles. The summed E-state index contributed by atoms with van der Waals surface area (Å²) in [6.07, 6.45) is 2.12. The van der Waals surface area contributed by atoms with E-state index in [0.29, 0.717) is 39.5 Å². The van der Waals surface area contributed by atoms with E-state index >= 15 is 0 Å². The summed E-state index contributed by atoms with van der Waals surface area (Å²) in [5, 5.41) is 2.10. The van der Waals surface area contributed by atoms with Gasteiger partial charge in [-0.15, -0.1) is 0 Å². The average Bonchev–Trinajstić information content (AvgIpc) is 3.20. The molecule has 0 unspecified atom stereocenters. The standard InChI is InChI=1S/C29H23BrClFN2O6S/c1-2-11-39-28(37)21-14-20(8-9-22(21)31)33-26(35)15-34-27(36)25(41-29(34)38)13-18-12-19(30)7-10-24(18)40-16-17-5-3-4-6-23(17)32/h3-10,12-14H,2,11,15-16H2,1H3,(H,33,35)/b25-13-. The van der Waals surface area contributed by atoms with Crippen LogP contribution in [0.1, 0.15) is 34.8 Å². The fourth-order valence-corrected chi connectivity index (χ4v) is 5.09. The van der Waals surface area contributed by atoms with E-state index in [2.05, 4.69) is 21.2 Å². The van der Waals surface area contributed by atoms with Crippen LogP contribution in [0, 0.1) is 5.82 Å². The van der Waals surface area contributed by atoms with E-state index in [1.54, 1.807) is 36.4 Å². The lowest BCUT2D eigenvalue weighted by Crippen LogP contribution is -2.36. The van der Waals surface area contributed by atoms with Crippen molar-refractivity contribution in [2.24, 2.45) is 0 Å². The lowest BCUT2D eigenvalue weighted by Gasteiger charge is -2.13. The Morgan fingerprint density at radius 2 is 1.90 bits per heavy atom. The molecule has 3 aromatic carbocycles. The van der Waals surface area contributed by atoms with E-state index in [1.807, 2.05) is 6.92 Å². The molecular formula is C29H23BrClFN2O6S. The summed E-state index contributed by atoms with van der Waals surface area (Å²) in [6, 6.07) is 15.6. The van der Waals surface area contributed by atoms with E-state index in [1.165, 1.54) is 30.3 Å². The Kier molecular flexibility index (Phi) is 10.2. The highest BCUT2D eigenvalue weighted by molar-refractivity contribution is 9.10. The maximum Gasteiger partial charge on any atom is 0.339 e. The van der Waals surface area contributed by atoms with Gasteiger partial charge in [0.25, 0.3) is 11.1 Å². The summed E-state index contributed by atoms with van der Waals surface area (Å²) >= 11 is 10.2. The molecule has 0 bridgehead atoms. The second kappa shape index (κ2) is 13.8. The van der Waals surface area contributed by atoms with Crippen LogP contribution >= 0.6 is 39.3 Å². The minimum atomic E-state index is -0.657. The zero-order valence-electron chi connectivity index (χ0n) is 21.6. The summed E-state index contributed by atoms with van der Waals surface area (Å²) in [5.74, 6) is -1.97. The van der Waals surface area contributed by atoms with E-state index in [0.717, 1.165) is 4.90 Å². The number of rotatable bonds is 10. The van der Waals surface area contributed by atoms with Gasteiger partial charge in [-0.05, 0) is 66.7 Å². The van der Waals surface area contributed by atoms with Crippen molar-refractivity contribution in [2.75, 3.05) is 18.5 Å². The lowest BCUT2D eigenvalue weighted by molar-refractivity contribution is -0.127. The van der Waals surface area contributed by atoms with Gasteiger partial charge in [-0.25, -0.2) is 9.18 Å². The van der Waals surface area contributed by atoms with Gasteiger partial charge in [0.1, 0.15) is 24.7 Å². The van der Waals surface area contributed by atoms with Crippen LogP contribution in [0.3, 0.4) is 0 Å². The molecule has 4 rings (SSSR count). The fourth-order valence-electron chi connectivity index (χ4n) is 3.69. The number of imide groups is 1. The quantitative estimate of drug-likeness (QED) is 0.183. The predicted molar refractivity (Wildman–Crippen MR) is 158 cm³/mol. The van der Waals surface area contributed by atoms with Crippen molar-refractivity contribution >= 4 is 74.1 Å². The van der Waals surface area contributed by atoms with Crippen molar-refractivity contribution in [3.63, 3.8) is 0 Å². The number of halogens is 3. The molecule has 1 fully saturated rings. The van der Waals surface area contributed by atoms with Gasteiger partial charge in [0.2, 0.25) is 5.91 Å². The van der Waals surface area contributed by atoms with Gasteiger partial charge in [0.15, 0.2) is 0 Å². The number of amides is 3. The van der Waals surface area contributed by atoms with Crippen LogP contribution in [0.2, 0.25) is 5.02 Å². The molecule has 0 spiro atoms. The number of carbonyl (C=O) groups excluding carboxylic acids is 4. The maximum atomic E-state index is 14.0. The van der Waals surface area contributed by atoms with E-state index in [4.69, 9.17) is 21.1 Å². The number of hydrogen-bond acceptors (Lipinski definition) is 7. The first-order valence-corrected chi connectivity index (χ1v) is 14.3. The molecule has 0 aliphatic carbocycles. The highest BCUT2D eigenvalue weighted by Gasteiger charge is 2.36. The van der Waals surface area contributed by atoms with Crippen molar-refractivity contribution in [1.29, 1.82) is 0 Å². The topological polar surface area (TPSA) is 102 Å². The largest absolute Gasteiger partial charge is 0.488 e. The molecule has 0 atom stereocenters. The first-order chi connectivity index (χ1) is 19.7. The van der Waals surface area contributed by atoms with Crippen LogP contribution in [-0.2, 0) is 20.9 Å². The number of hydrogen-bond donors (Lipinski definition) is 1. The first-order valence-electron chi connectivity index (χ1n) is 12.3. The van der Waals surface area contributed by atoms with Crippen molar-refractivity contribution in [2.45, 2.75) is 20.0 Å². The number of ether oxygens (including phenoxy) is 2. The highest BCUT2D eigenvalue weighted by Crippen LogP contribution is 2.35. The molecule has 1 aliphatic heterocycles. The summed E-state index contributed by atoms with van der Waals surface area (Å²) in [6.45, 7) is 1.48. The molecule has 1 aliphatic rings. The van der Waals surface area contributed by atoms with Crippen LogP contribution in [0.4, 0.5) is 14.9 Å². The van der Waals surface area contributed by atoms with Gasteiger partial charge in [-0.3, -0.25) is 19.3 Å². The minimum Gasteiger partial charge on any atom is -0.488 e. The van der Waals surface area contributed by atoms with Gasteiger partial charge in [-0.1, -0.05) is 52.7 Å². The van der Waals surface area contributed by atoms with Crippen LogP contribution in [0.5, 0.6) is 5.75 Å². The van der Waals surface area contributed by atoms with Crippen molar-refractivity contribution < 1.29 is 33.0 Å². The Bertz CT molecular complexity index is 1550. The van der Waals surface area contributed by atoms with Gasteiger partial charge < -0.3 is 14.8 Å². The van der Waals surface area contributed by atoms with Gasteiger partial charge in [0, 0.05) is 21.3 Å². The zero-order valence-corrected chi connectivity index (χ0v) is 24.8. The molecule has 12 heteroatoms. The summed E-state index contributed by atoms with van der Waals surface area (Å²) in [5.41, 5.74) is 1.16. The molecule has 212 valence electrons. The Morgan fingerprint density at radius 3 is 2.66 bits per heavy atom. The SMILES string of the molecule is CCCOC(=O)c1cc(NC(=O)CN2C(=O)S/C(=C\c3cc(Br)ccc3OCc3ccccc3F)C2=O)ccc1Cl. The summed E-state index contributed by atoms with van der Waals surface area (Å²) in [4.78, 5) is 51.6. The maximum absolute atomic E-state index is 14.0. The van der Waals surface area contributed by atoms with Gasteiger partial charge in [0.05, 0.1) is 22.1 Å². The van der Waals surface area contributed by atoms with E-state index in [9.17, 15) is 23.6 Å². The first kappa shape index (κ1) is 30.3. The molecule has 3 amide bonds. The highest BCUT2D eigenvalue weighted by atomic mass is 79.9. The van der Waals surface area contributed by atoms with Crippen molar-refractivity contribution in [3.8, 4) is 5.75 Å². The molecule has 41 heavy (non-hydrogen) atoms. The number of nitrogens with zero attached hydrogens (tertiary/aromatic N) is 1. The van der Waals surface area contributed by atoms with E-state index < -0.39 is 35.4 Å². The smallest absolute Gasteiger partial charge is 0.339 e. The normalized spacial score (nSPS) is 14.0. The minimum absolute atomic E-state index is 0.0421. The second-order valence-corrected chi connectivity index (χ2v) is 11.0.